The first-order chi connectivity index (χ1) is 14.3. The molecule has 2 N–H and O–H groups in total. The number of ether oxygens (including phenoxy) is 2. The molecule has 1 aliphatic rings. The molecule has 0 amide bonds. The Labute approximate surface area is 171 Å². The number of rotatable bonds is 6. The molecule has 158 valence electrons. The highest BCUT2D eigenvalue weighted by Gasteiger charge is 2.40. The van der Waals surface area contributed by atoms with Gasteiger partial charge in [0.25, 0.3) is 6.43 Å². The van der Waals surface area contributed by atoms with Crippen LogP contribution < -0.4 is 10.1 Å². The Morgan fingerprint density at radius 1 is 1.20 bits per heavy atom. The van der Waals surface area contributed by atoms with E-state index in [1.165, 1.54) is 19.2 Å². The number of aliphatic hydroxyl groups is 1. The standard InChI is InChI=1S/C22H21F3N2O3/c1-12(13-4-3-5-14(20(13)23)21(24)25)27-17-6-7-26-18-9-19(29-2)16(8-15(17)18)22(28)10-30-11-22/h3-9,12,21,28H,10-11H2,1-2H3,(H,26,27). The normalized spacial score (nSPS) is 16.4. The summed E-state index contributed by atoms with van der Waals surface area (Å²) in [6.07, 6.45) is -1.30. The number of aromatic nitrogens is 1. The number of nitrogens with zero attached hydrogens (tertiary/aromatic N) is 1. The van der Waals surface area contributed by atoms with Gasteiger partial charge in [0, 0.05) is 34.5 Å². The predicted molar refractivity (Wildman–Crippen MR) is 106 cm³/mol. The molecular weight excluding hydrogens is 397 g/mol. The molecule has 1 aromatic heterocycles. The topological polar surface area (TPSA) is 63.6 Å². The van der Waals surface area contributed by atoms with E-state index in [2.05, 4.69) is 10.3 Å². The van der Waals surface area contributed by atoms with E-state index < -0.39 is 29.4 Å². The number of fused-ring (bicyclic) bond motifs is 1. The lowest BCUT2D eigenvalue weighted by atomic mass is 9.89. The highest BCUT2D eigenvalue weighted by atomic mass is 19.3. The van der Waals surface area contributed by atoms with E-state index in [0.29, 0.717) is 27.9 Å². The van der Waals surface area contributed by atoms with Gasteiger partial charge in [0.2, 0.25) is 0 Å². The zero-order chi connectivity index (χ0) is 21.5. The van der Waals surface area contributed by atoms with Gasteiger partial charge in [-0.15, -0.1) is 0 Å². The van der Waals surface area contributed by atoms with Crippen molar-refractivity contribution in [2.24, 2.45) is 0 Å². The maximum Gasteiger partial charge on any atom is 0.266 e. The van der Waals surface area contributed by atoms with Gasteiger partial charge in [-0.05, 0) is 19.1 Å². The molecule has 1 aliphatic heterocycles. The second-order valence-electron chi connectivity index (χ2n) is 7.37. The Hall–Kier alpha value is -2.84. The van der Waals surface area contributed by atoms with E-state index in [9.17, 15) is 18.3 Å². The lowest BCUT2D eigenvalue weighted by Gasteiger charge is -2.37. The molecule has 2 heterocycles. The van der Waals surface area contributed by atoms with Gasteiger partial charge in [-0.25, -0.2) is 13.2 Å². The number of benzene rings is 2. The first-order valence-electron chi connectivity index (χ1n) is 9.44. The molecule has 30 heavy (non-hydrogen) atoms. The maximum atomic E-state index is 14.6. The van der Waals surface area contributed by atoms with E-state index in [-0.39, 0.29) is 18.8 Å². The van der Waals surface area contributed by atoms with Crippen molar-refractivity contribution in [2.45, 2.75) is 25.0 Å². The SMILES string of the molecule is COc1cc2nccc(NC(C)c3cccc(C(F)F)c3F)c2cc1C1(O)COC1. The molecule has 0 saturated carbocycles. The average Bonchev–Trinajstić information content (AvgIpc) is 2.71. The number of halogens is 3. The molecule has 0 bridgehead atoms. The minimum atomic E-state index is -2.89. The summed E-state index contributed by atoms with van der Waals surface area (Å²) >= 11 is 0. The van der Waals surface area contributed by atoms with Gasteiger partial charge in [0.05, 0.1) is 37.4 Å². The van der Waals surface area contributed by atoms with Crippen molar-refractivity contribution in [3.05, 3.63) is 65.1 Å². The summed E-state index contributed by atoms with van der Waals surface area (Å²) in [7, 11) is 1.51. The first-order valence-corrected chi connectivity index (χ1v) is 9.44. The monoisotopic (exact) mass is 418 g/mol. The Morgan fingerprint density at radius 2 is 1.93 bits per heavy atom. The lowest BCUT2D eigenvalue weighted by molar-refractivity contribution is -0.185. The molecule has 2 aromatic carbocycles. The molecule has 0 spiro atoms. The molecule has 0 radical (unpaired) electrons. The summed E-state index contributed by atoms with van der Waals surface area (Å²) in [5.74, 6) is -0.434. The third-order valence-electron chi connectivity index (χ3n) is 5.38. The zero-order valence-electron chi connectivity index (χ0n) is 16.5. The van der Waals surface area contributed by atoms with Crippen LogP contribution in [0.15, 0.2) is 42.6 Å². The van der Waals surface area contributed by atoms with E-state index in [4.69, 9.17) is 9.47 Å². The van der Waals surface area contributed by atoms with Crippen LogP contribution in [-0.2, 0) is 10.3 Å². The van der Waals surface area contributed by atoms with Crippen LogP contribution >= 0.6 is 0 Å². The van der Waals surface area contributed by atoms with Crippen LogP contribution in [0, 0.1) is 5.82 Å². The van der Waals surface area contributed by atoms with Crippen LogP contribution in [0.2, 0.25) is 0 Å². The summed E-state index contributed by atoms with van der Waals surface area (Å²) < 4.78 is 51.3. The van der Waals surface area contributed by atoms with Crippen LogP contribution in [0.1, 0.15) is 36.1 Å². The molecule has 1 fully saturated rings. The van der Waals surface area contributed by atoms with E-state index in [1.54, 1.807) is 31.3 Å². The smallest absolute Gasteiger partial charge is 0.266 e. The van der Waals surface area contributed by atoms with Crippen molar-refractivity contribution < 1.29 is 27.8 Å². The van der Waals surface area contributed by atoms with E-state index in [0.717, 1.165) is 6.07 Å². The third kappa shape index (κ3) is 3.46. The minimum Gasteiger partial charge on any atom is -0.496 e. The number of anilines is 1. The van der Waals surface area contributed by atoms with Gasteiger partial charge >= 0.3 is 0 Å². The third-order valence-corrected chi connectivity index (χ3v) is 5.38. The fourth-order valence-corrected chi connectivity index (χ4v) is 3.67. The Bertz CT molecular complexity index is 1090. The summed E-state index contributed by atoms with van der Waals surface area (Å²) in [5.41, 5.74) is 0.159. The fraction of sp³-hybridized carbons (Fsp3) is 0.318. The second kappa shape index (κ2) is 7.77. The average molecular weight is 418 g/mol. The van der Waals surface area contributed by atoms with Crippen LogP contribution in [0.5, 0.6) is 5.75 Å². The highest BCUT2D eigenvalue weighted by molar-refractivity contribution is 5.93. The molecule has 8 heteroatoms. The number of alkyl halides is 2. The van der Waals surface area contributed by atoms with Crippen molar-refractivity contribution in [3.8, 4) is 5.75 Å². The zero-order valence-corrected chi connectivity index (χ0v) is 16.5. The van der Waals surface area contributed by atoms with Gasteiger partial charge in [0.1, 0.15) is 17.2 Å². The Morgan fingerprint density at radius 3 is 2.57 bits per heavy atom. The molecular formula is C22H21F3N2O3. The van der Waals surface area contributed by atoms with Crippen molar-refractivity contribution >= 4 is 16.6 Å². The summed E-state index contributed by atoms with van der Waals surface area (Å²) in [6, 6.07) is 8.58. The molecule has 1 saturated heterocycles. The number of pyridine rings is 1. The maximum absolute atomic E-state index is 14.6. The number of hydrogen-bond acceptors (Lipinski definition) is 5. The molecule has 0 aliphatic carbocycles. The lowest BCUT2D eigenvalue weighted by Crippen LogP contribution is -2.46. The predicted octanol–water partition coefficient (Wildman–Crippen LogP) is 4.71. The van der Waals surface area contributed by atoms with Gasteiger partial charge in [-0.2, -0.15) is 0 Å². The number of methoxy groups -OCH3 is 1. The van der Waals surface area contributed by atoms with Gasteiger partial charge in [-0.1, -0.05) is 18.2 Å². The van der Waals surface area contributed by atoms with Crippen molar-refractivity contribution in [3.63, 3.8) is 0 Å². The van der Waals surface area contributed by atoms with Crippen molar-refractivity contribution in [1.29, 1.82) is 0 Å². The van der Waals surface area contributed by atoms with Crippen molar-refractivity contribution in [1.82, 2.24) is 4.98 Å². The summed E-state index contributed by atoms with van der Waals surface area (Å²) in [4.78, 5) is 4.35. The molecule has 3 aromatic rings. The Kier molecular flexibility index (Phi) is 5.29. The van der Waals surface area contributed by atoms with Gasteiger partial charge < -0.3 is 19.9 Å². The van der Waals surface area contributed by atoms with Crippen LogP contribution in [0.25, 0.3) is 10.9 Å². The minimum absolute atomic E-state index is 0.137. The number of hydrogen-bond donors (Lipinski definition) is 2. The van der Waals surface area contributed by atoms with E-state index >= 15 is 0 Å². The van der Waals surface area contributed by atoms with Gasteiger partial charge in [0.15, 0.2) is 0 Å². The molecule has 1 atom stereocenters. The quantitative estimate of drug-likeness (QED) is 0.607. The second-order valence-corrected chi connectivity index (χ2v) is 7.37. The van der Waals surface area contributed by atoms with Crippen LogP contribution in [0.4, 0.5) is 18.9 Å². The molecule has 4 rings (SSSR count). The summed E-state index contributed by atoms with van der Waals surface area (Å²) in [5, 5.41) is 14.6. The van der Waals surface area contributed by atoms with Crippen LogP contribution in [0.3, 0.4) is 0 Å². The highest BCUT2D eigenvalue weighted by Crippen LogP contribution is 2.40. The number of nitrogens with one attached hydrogen (secondary N) is 1. The van der Waals surface area contributed by atoms with Crippen LogP contribution in [-0.4, -0.2) is 30.4 Å². The summed E-state index contributed by atoms with van der Waals surface area (Å²) in [6.45, 7) is 2.00. The fourth-order valence-electron chi connectivity index (χ4n) is 3.67. The van der Waals surface area contributed by atoms with Crippen molar-refractivity contribution in [2.75, 3.05) is 25.6 Å². The largest absolute Gasteiger partial charge is 0.496 e. The van der Waals surface area contributed by atoms with E-state index in [1.807, 2.05) is 0 Å². The molecule has 5 nitrogen and oxygen atoms in total. The van der Waals surface area contributed by atoms with Gasteiger partial charge in [-0.3, -0.25) is 4.98 Å². The molecule has 1 unspecified atom stereocenters. The Balaban J connectivity index is 1.75. The first kappa shape index (κ1) is 20.4.